The molecule has 0 amide bonds. The number of nitrogens with zero attached hydrogens (tertiary/aromatic N) is 1. The van der Waals surface area contributed by atoms with Crippen molar-refractivity contribution >= 4 is 10.0 Å². The van der Waals surface area contributed by atoms with Crippen LogP contribution in [-0.2, 0) is 17.1 Å². The smallest absolute Gasteiger partial charge is 0.240 e. The number of hydrogen-bond donors (Lipinski definition) is 2. The number of aliphatic hydroxyl groups excluding tert-OH is 1. The second-order valence-electron chi connectivity index (χ2n) is 4.92. The zero-order valence-corrected chi connectivity index (χ0v) is 13.4. The molecule has 0 aliphatic heterocycles. The number of hydrogen-bond acceptors (Lipinski definition) is 4. The molecule has 0 aliphatic rings. The first-order valence-electron chi connectivity index (χ1n) is 6.87. The van der Waals surface area contributed by atoms with E-state index in [2.05, 4.69) is 4.72 Å². The molecule has 7 heteroatoms. The summed E-state index contributed by atoms with van der Waals surface area (Å²) in [5, 5.41) is 10.1. The third-order valence-corrected chi connectivity index (χ3v) is 4.88. The summed E-state index contributed by atoms with van der Waals surface area (Å²) in [4.78, 5) is 0.168. The number of ether oxygens (including phenoxy) is 1. The van der Waals surface area contributed by atoms with E-state index in [1.807, 2.05) is 29.9 Å². The Balaban J connectivity index is 1.93. The highest BCUT2D eigenvalue weighted by Gasteiger charge is 2.16. The van der Waals surface area contributed by atoms with Gasteiger partial charge in [0.25, 0.3) is 0 Å². The summed E-state index contributed by atoms with van der Waals surface area (Å²) in [6.45, 7) is 0.153. The van der Waals surface area contributed by atoms with Crippen molar-refractivity contribution in [2.24, 2.45) is 7.05 Å². The third-order valence-electron chi connectivity index (χ3n) is 3.40. The van der Waals surface area contributed by atoms with Gasteiger partial charge in [0.1, 0.15) is 5.75 Å². The topological polar surface area (TPSA) is 80.6 Å². The van der Waals surface area contributed by atoms with Crippen LogP contribution in [0.5, 0.6) is 5.75 Å². The Morgan fingerprint density at radius 1 is 1.27 bits per heavy atom. The maximum atomic E-state index is 12.1. The van der Waals surface area contributed by atoms with Crippen molar-refractivity contribution in [1.82, 2.24) is 9.29 Å². The maximum Gasteiger partial charge on any atom is 0.240 e. The van der Waals surface area contributed by atoms with E-state index in [1.165, 1.54) is 19.2 Å². The Morgan fingerprint density at radius 2 is 1.95 bits per heavy atom. The summed E-state index contributed by atoms with van der Waals surface area (Å²) >= 11 is 0. The molecular formula is C15H20N2O4S. The molecule has 0 aliphatic carbocycles. The van der Waals surface area contributed by atoms with Gasteiger partial charge in [-0.05, 0) is 42.8 Å². The van der Waals surface area contributed by atoms with Gasteiger partial charge in [0.2, 0.25) is 10.0 Å². The molecule has 1 aromatic heterocycles. The van der Waals surface area contributed by atoms with E-state index in [0.29, 0.717) is 12.2 Å². The molecule has 0 radical (unpaired) electrons. The van der Waals surface area contributed by atoms with Crippen LogP contribution in [0.4, 0.5) is 0 Å². The molecule has 22 heavy (non-hydrogen) atoms. The van der Waals surface area contributed by atoms with Crippen molar-refractivity contribution in [1.29, 1.82) is 0 Å². The van der Waals surface area contributed by atoms with E-state index >= 15 is 0 Å². The van der Waals surface area contributed by atoms with Crippen LogP contribution in [-0.4, -0.2) is 31.7 Å². The zero-order valence-electron chi connectivity index (χ0n) is 12.6. The normalized spacial score (nSPS) is 13.0. The van der Waals surface area contributed by atoms with Crippen LogP contribution in [0.2, 0.25) is 0 Å². The fourth-order valence-corrected chi connectivity index (χ4v) is 3.18. The molecule has 1 unspecified atom stereocenters. The lowest BCUT2D eigenvalue weighted by atomic mass is 10.2. The molecule has 0 saturated heterocycles. The first kappa shape index (κ1) is 16.5. The predicted molar refractivity (Wildman–Crippen MR) is 83.2 cm³/mol. The molecule has 120 valence electrons. The molecule has 1 aromatic carbocycles. The Hall–Kier alpha value is -1.83. The Morgan fingerprint density at radius 3 is 2.50 bits per heavy atom. The minimum atomic E-state index is -3.58. The summed E-state index contributed by atoms with van der Waals surface area (Å²) in [5.74, 6) is 0.595. The second-order valence-corrected chi connectivity index (χ2v) is 6.69. The molecule has 1 heterocycles. The molecule has 2 N–H and O–H groups in total. The van der Waals surface area contributed by atoms with E-state index in [-0.39, 0.29) is 11.4 Å². The number of aryl methyl sites for hydroxylation is 1. The SMILES string of the molecule is COc1ccc(S(=O)(=O)NCCC(O)c2cccn2C)cc1. The Labute approximate surface area is 130 Å². The number of aliphatic hydroxyl groups is 1. The van der Waals surface area contributed by atoms with E-state index in [0.717, 1.165) is 5.69 Å². The zero-order chi connectivity index (χ0) is 16.2. The van der Waals surface area contributed by atoms with Crippen LogP contribution in [0, 0.1) is 0 Å². The van der Waals surface area contributed by atoms with Crippen LogP contribution in [0.3, 0.4) is 0 Å². The fraction of sp³-hybridized carbons (Fsp3) is 0.333. The monoisotopic (exact) mass is 324 g/mol. The van der Waals surface area contributed by atoms with E-state index < -0.39 is 16.1 Å². The number of aromatic nitrogens is 1. The van der Waals surface area contributed by atoms with Crippen LogP contribution in [0.15, 0.2) is 47.5 Å². The molecular weight excluding hydrogens is 304 g/mol. The van der Waals surface area contributed by atoms with Gasteiger partial charge in [0.15, 0.2) is 0 Å². The average molecular weight is 324 g/mol. The number of nitrogens with one attached hydrogen (secondary N) is 1. The first-order chi connectivity index (χ1) is 10.4. The quantitative estimate of drug-likeness (QED) is 0.807. The lowest BCUT2D eigenvalue weighted by molar-refractivity contribution is 0.161. The highest BCUT2D eigenvalue weighted by atomic mass is 32.2. The summed E-state index contributed by atoms with van der Waals surface area (Å²) in [7, 11) is -0.229. The number of methoxy groups -OCH3 is 1. The van der Waals surface area contributed by atoms with E-state index in [4.69, 9.17) is 4.74 Å². The third kappa shape index (κ3) is 3.88. The molecule has 1 atom stereocenters. The van der Waals surface area contributed by atoms with Gasteiger partial charge in [-0.15, -0.1) is 0 Å². The van der Waals surface area contributed by atoms with Gasteiger partial charge in [0, 0.05) is 25.5 Å². The van der Waals surface area contributed by atoms with E-state index in [1.54, 1.807) is 12.1 Å². The molecule has 0 bridgehead atoms. The first-order valence-corrected chi connectivity index (χ1v) is 8.35. The van der Waals surface area contributed by atoms with Gasteiger partial charge in [-0.2, -0.15) is 0 Å². The van der Waals surface area contributed by atoms with Crippen molar-refractivity contribution in [2.75, 3.05) is 13.7 Å². The van der Waals surface area contributed by atoms with Crippen molar-refractivity contribution in [2.45, 2.75) is 17.4 Å². The lowest BCUT2D eigenvalue weighted by Crippen LogP contribution is -2.26. The minimum absolute atomic E-state index is 0.153. The van der Waals surface area contributed by atoms with Gasteiger partial charge in [0.05, 0.1) is 18.1 Å². The van der Waals surface area contributed by atoms with E-state index in [9.17, 15) is 13.5 Å². The Kier molecular flexibility index (Phi) is 5.23. The predicted octanol–water partition coefficient (Wildman–Crippen LogP) is 1.44. The molecule has 2 aromatic rings. The van der Waals surface area contributed by atoms with Crippen LogP contribution < -0.4 is 9.46 Å². The number of benzene rings is 1. The fourth-order valence-electron chi connectivity index (χ4n) is 2.14. The van der Waals surface area contributed by atoms with Gasteiger partial charge in [-0.1, -0.05) is 0 Å². The molecule has 2 rings (SSSR count). The number of rotatable bonds is 7. The molecule has 0 spiro atoms. The van der Waals surface area contributed by atoms with Gasteiger partial charge in [-0.3, -0.25) is 0 Å². The highest BCUT2D eigenvalue weighted by molar-refractivity contribution is 7.89. The van der Waals surface area contributed by atoms with Crippen LogP contribution in [0.25, 0.3) is 0 Å². The Bertz CT molecular complexity index is 707. The maximum absolute atomic E-state index is 12.1. The molecule has 6 nitrogen and oxygen atoms in total. The minimum Gasteiger partial charge on any atom is -0.497 e. The van der Waals surface area contributed by atoms with Gasteiger partial charge >= 0.3 is 0 Å². The average Bonchev–Trinajstić information content (AvgIpc) is 2.93. The van der Waals surface area contributed by atoms with Gasteiger partial charge < -0.3 is 14.4 Å². The van der Waals surface area contributed by atoms with Crippen molar-refractivity contribution < 1.29 is 18.3 Å². The van der Waals surface area contributed by atoms with Gasteiger partial charge in [-0.25, -0.2) is 13.1 Å². The summed E-state index contributed by atoms with van der Waals surface area (Å²) < 4.78 is 33.5. The highest BCUT2D eigenvalue weighted by Crippen LogP contribution is 2.17. The van der Waals surface area contributed by atoms with Crippen LogP contribution >= 0.6 is 0 Å². The lowest BCUT2D eigenvalue weighted by Gasteiger charge is -2.13. The molecule has 0 fully saturated rings. The molecule has 0 saturated carbocycles. The largest absolute Gasteiger partial charge is 0.497 e. The number of sulfonamides is 1. The van der Waals surface area contributed by atoms with Crippen molar-refractivity contribution in [3.8, 4) is 5.75 Å². The van der Waals surface area contributed by atoms with Crippen molar-refractivity contribution in [3.05, 3.63) is 48.3 Å². The van der Waals surface area contributed by atoms with Crippen LogP contribution in [0.1, 0.15) is 18.2 Å². The summed E-state index contributed by atoms with van der Waals surface area (Å²) in [5.41, 5.74) is 0.753. The standard InChI is InChI=1S/C15H20N2O4S/c1-17-11-3-4-14(17)15(18)9-10-16-22(19,20)13-7-5-12(21-2)6-8-13/h3-8,11,15-16,18H,9-10H2,1-2H3. The second kappa shape index (κ2) is 6.95. The van der Waals surface area contributed by atoms with Crippen molar-refractivity contribution in [3.63, 3.8) is 0 Å². The summed E-state index contributed by atoms with van der Waals surface area (Å²) in [6.07, 6.45) is 1.42. The summed E-state index contributed by atoms with van der Waals surface area (Å²) in [6, 6.07) is 9.78.